The van der Waals surface area contributed by atoms with Gasteiger partial charge in [0.15, 0.2) is 23.0 Å². The van der Waals surface area contributed by atoms with E-state index in [9.17, 15) is 14.7 Å². The molecule has 1 aliphatic rings. The number of aromatic nitrogens is 1. The number of benzene rings is 2. The third-order valence-corrected chi connectivity index (χ3v) is 5.75. The number of ether oxygens (including phenoxy) is 2. The minimum absolute atomic E-state index is 0.0164. The monoisotopic (exact) mass is 484 g/mol. The molecule has 0 saturated heterocycles. The van der Waals surface area contributed by atoms with Gasteiger partial charge >= 0.3 is 0 Å². The fourth-order valence-corrected chi connectivity index (χ4v) is 4.17. The Morgan fingerprint density at radius 3 is 2.47 bits per heavy atom. The summed E-state index contributed by atoms with van der Waals surface area (Å²) in [4.78, 5) is 32.2. The van der Waals surface area contributed by atoms with Crippen LogP contribution in [0.4, 0.5) is 0 Å². The largest absolute Gasteiger partial charge is 0.503 e. The number of hydrogen-bond donors (Lipinski definition) is 1. The summed E-state index contributed by atoms with van der Waals surface area (Å²) in [6, 6.07) is 17.5. The van der Waals surface area contributed by atoms with Crippen molar-refractivity contribution in [2.45, 2.75) is 26.4 Å². The standard InChI is InChI=1S/C29H28N2O5/c1-3-35-24-15-13-22(17-25(24)36-4-2)27-26(23(32)14-12-20-9-6-5-7-10-20)28(33)29(34)31(27)19-21-11-8-16-30-18-21/h5-18,27,33H,3-4,19H2,1-2H3/b14-12+. The molecule has 2 heterocycles. The predicted octanol–water partition coefficient (Wildman–Crippen LogP) is 5.06. The van der Waals surface area contributed by atoms with Crippen LogP contribution in [0.25, 0.3) is 6.08 Å². The summed E-state index contributed by atoms with van der Waals surface area (Å²) >= 11 is 0. The first-order chi connectivity index (χ1) is 17.5. The molecule has 2 aromatic carbocycles. The van der Waals surface area contributed by atoms with Gasteiger partial charge < -0.3 is 19.5 Å². The Bertz CT molecular complexity index is 1290. The number of carbonyl (C=O) groups excluding carboxylic acids is 2. The van der Waals surface area contributed by atoms with E-state index < -0.39 is 23.5 Å². The number of nitrogens with zero attached hydrogens (tertiary/aromatic N) is 2. The highest BCUT2D eigenvalue weighted by Gasteiger charge is 2.43. The molecule has 0 spiro atoms. The molecule has 4 rings (SSSR count). The van der Waals surface area contributed by atoms with Crippen LogP contribution in [0.1, 0.15) is 36.6 Å². The Kier molecular flexibility index (Phi) is 7.80. The molecule has 1 atom stereocenters. The molecule has 0 radical (unpaired) electrons. The summed E-state index contributed by atoms with van der Waals surface area (Å²) in [5.74, 6) is -0.555. The van der Waals surface area contributed by atoms with Gasteiger partial charge in [0.05, 0.1) is 24.8 Å². The van der Waals surface area contributed by atoms with E-state index in [1.165, 1.54) is 11.0 Å². The Morgan fingerprint density at radius 1 is 1.03 bits per heavy atom. The SMILES string of the molecule is CCOc1ccc(C2C(C(=O)/C=C/c3ccccc3)=C(O)C(=O)N2Cc2cccnc2)cc1OCC. The molecule has 0 fully saturated rings. The third kappa shape index (κ3) is 5.30. The lowest BCUT2D eigenvalue weighted by Crippen LogP contribution is -2.30. The normalized spacial score (nSPS) is 15.6. The van der Waals surface area contributed by atoms with E-state index in [1.54, 1.807) is 42.7 Å². The number of aliphatic hydroxyl groups excluding tert-OH is 1. The number of rotatable bonds is 10. The molecule has 0 aliphatic carbocycles. The molecule has 1 aliphatic heterocycles. The van der Waals surface area contributed by atoms with Gasteiger partial charge in [0.1, 0.15) is 0 Å². The van der Waals surface area contributed by atoms with Crippen molar-refractivity contribution < 1.29 is 24.2 Å². The third-order valence-electron chi connectivity index (χ3n) is 5.75. The summed E-state index contributed by atoms with van der Waals surface area (Å²) in [7, 11) is 0. The van der Waals surface area contributed by atoms with Crippen LogP contribution < -0.4 is 9.47 Å². The molecule has 1 aromatic heterocycles. The molecular formula is C29H28N2O5. The Morgan fingerprint density at radius 2 is 1.78 bits per heavy atom. The molecule has 36 heavy (non-hydrogen) atoms. The van der Waals surface area contributed by atoms with Crippen LogP contribution >= 0.6 is 0 Å². The second kappa shape index (κ2) is 11.4. The van der Waals surface area contributed by atoms with Crippen LogP contribution in [-0.4, -0.2) is 39.9 Å². The smallest absolute Gasteiger partial charge is 0.290 e. The Labute approximate surface area is 210 Å². The maximum absolute atomic E-state index is 13.4. The van der Waals surface area contributed by atoms with Crippen LogP contribution in [0, 0.1) is 0 Å². The average molecular weight is 485 g/mol. The van der Waals surface area contributed by atoms with Crippen LogP contribution in [0.3, 0.4) is 0 Å². The van der Waals surface area contributed by atoms with E-state index in [-0.39, 0.29) is 12.1 Å². The number of carbonyl (C=O) groups is 2. The number of amides is 1. The molecule has 1 unspecified atom stereocenters. The first-order valence-electron chi connectivity index (χ1n) is 11.8. The first-order valence-corrected chi connectivity index (χ1v) is 11.8. The summed E-state index contributed by atoms with van der Waals surface area (Å²) in [5.41, 5.74) is 2.24. The van der Waals surface area contributed by atoms with Crippen molar-refractivity contribution in [3.05, 3.63) is 107 Å². The highest BCUT2D eigenvalue weighted by molar-refractivity contribution is 6.14. The molecule has 0 saturated carbocycles. The lowest BCUT2D eigenvalue weighted by molar-refractivity contribution is -0.130. The van der Waals surface area contributed by atoms with E-state index in [1.807, 2.05) is 50.2 Å². The van der Waals surface area contributed by atoms with E-state index >= 15 is 0 Å². The molecule has 7 nitrogen and oxygen atoms in total. The average Bonchev–Trinajstić information content (AvgIpc) is 3.15. The van der Waals surface area contributed by atoms with Gasteiger partial charge in [0, 0.05) is 18.9 Å². The second-order valence-corrected chi connectivity index (χ2v) is 8.14. The van der Waals surface area contributed by atoms with Gasteiger partial charge in [-0.05, 0) is 54.8 Å². The first kappa shape index (κ1) is 24.7. The van der Waals surface area contributed by atoms with Crippen molar-refractivity contribution in [3.63, 3.8) is 0 Å². The number of allylic oxidation sites excluding steroid dienone is 1. The quantitative estimate of drug-likeness (QED) is 0.405. The zero-order chi connectivity index (χ0) is 25.5. The van der Waals surface area contributed by atoms with Gasteiger partial charge in [-0.15, -0.1) is 0 Å². The molecule has 3 aromatic rings. The number of hydrogen-bond acceptors (Lipinski definition) is 6. The van der Waals surface area contributed by atoms with Crippen molar-refractivity contribution in [1.82, 2.24) is 9.88 Å². The van der Waals surface area contributed by atoms with E-state index in [4.69, 9.17) is 9.47 Å². The maximum atomic E-state index is 13.4. The van der Waals surface area contributed by atoms with Crippen LogP contribution in [0.5, 0.6) is 11.5 Å². The highest BCUT2D eigenvalue weighted by atomic mass is 16.5. The zero-order valence-electron chi connectivity index (χ0n) is 20.3. The Balaban J connectivity index is 1.77. The molecule has 1 N–H and O–H groups in total. The fraction of sp³-hybridized carbons (Fsp3) is 0.207. The number of aliphatic hydroxyl groups is 1. The fourth-order valence-electron chi connectivity index (χ4n) is 4.17. The van der Waals surface area contributed by atoms with E-state index in [2.05, 4.69) is 4.98 Å². The van der Waals surface area contributed by atoms with Crippen LogP contribution in [0.2, 0.25) is 0 Å². The van der Waals surface area contributed by atoms with Gasteiger partial charge in [-0.1, -0.05) is 48.5 Å². The zero-order valence-corrected chi connectivity index (χ0v) is 20.3. The molecule has 7 heteroatoms. The number of ketones is 1. The van der Waals surface area contributed by atoms with Gasteiger partial charge in [0.2, 0.25) is 0 Å². The van der Waals surface area contributed by atoms with Gasteiger partial charge in [-0.2, -0.15) is 0 Å². The lowest BCUT2D eigenvalue weighted by atomic mass is 9.95. The van der Waals surface area contributed by atoms with Crippen molar-refractivity contribution in [3.8, 4) is 11.5 Å². The second-order valence-electron chi connectivity index (χ2n) is 8.14. The van der Waals surface area contributed by atoms with Gasteiger partial charge in [-0.3, -0.25) is 14.6 Å². The van der Waals surface area contributed by atoms with Crippen molar-refractivity contribution in [1.29, 1.82) is 0 Å². The van der Waals surface area contributed by atoms with Crippen molar-refractivity contribution in [2.75, 3.05) is 13.2 Å². The molecule has 1 amide bonds. The molecular weight excluding hydrogens is 456 g/mol. The highest BCUT2D eigenvalue weighted by Crippen LogP contribution is 2.41. The van der Waals surface area contributed by atoms with Crippen LogP contribution in [-0.2, 0) is 16.1 Å². The van der Waals surface area contributed by atoms with Gasteiger partial charge in [-0.25, -0.2) is 0 Å². The van der Waals surface area contributed by atoms with Crippen molar-refractivity contribution >= 4 is 17.8 Å². The predicted molar refractivity (Wildman–Crippen MR) is 136 cm³/mol. The molecule has 0 bridgehead atoms. The topological polar surface area (TPSA) is 89.0 Å². The summed E-state index contributed by atoms with van der Waals surface area (Å²) in [6.45, 7) is 4.79. The van der Waals surface area contributed by atoms with Gasteiger partial charge in [0.25, 0.3) is 5.91 Å². The summed E-state index contributed by atoms with van der Waals surface area (Å²) in [5, 5.41) is 10.9. The van der Waals surface area contributed by atoms with E-state index in [0.29, 0.717) is 30.3 Å². The minimum atomic E-state index is -0.819. The maximum Gasteiger partial charge on any atom is 0.290 e. The van der Waals surface area contributed by atoms with Crippen molar-refractivity contribution in [2.24, 2.45) is 0 Å². The number of pyridine rings is 1. The Hall–Kier alpha value is -4.39. The summed E-state index contributed by atoms with van der Waals surface area (Å²) < 4.78 is 11.5. The van der Waals surface area contributed by atoms with E-state index in [0.717, 1.165) is 11.1 Å². The lowest BCUT2D eigenvalue weighted by Gasteiger charge is -2.27. The summed E-state index contributed by atoms with van der Waals surface area (Å²) in [6.07, 6.45) is 6.34. The van der Waals surface area contributed by atoms with Crippen LogP contribution in [0.15, 0.2) is 90.5 Å². The molecule has 184 valence electrons. The minimum Gasteiger partial charge on any atom is -0.503 e.